The normalized spacial score (nSPS) is 12.7. The summed E-state index contributed by atoms with van der Waals surface area (Å²) < 4.78 is 5.20. The Bertz CT molecular complexity index is 838. The Morgan fingerprint density at radius 3 is 2.06 bits per heavy atom. The molecule has 0 bridgehead atoms. The maximum absolute atomic E-state index is 13.5. The summed E-state index contributed by atoms with van der Waals surface area (Å²) in [6, 6.07) is 5.52. The third kappa shape index (κ3) is 9.70. The van der Waals surface area contributed by atoms with E-state index in [1.54, 1.807) is 19.2 Å². The summed E-state index contributed by atoms with van der Waals surface area (Å²) in [4.78, 5) is 53.7. The molecule has 0 unspecified atom stereocenters. The molecule has 0 heterocycles. The van der Waals surface area contributed by atoms with Crippen molar-refractivity contribution >= 4 is 23.5 Å². The van der Waals surface area contributed by atoms with Gasteiger partial charge in [0, 0.05) is 26.9 Å². The number of carbonyl (C=O) groups is 4. The van der Waals surface area contributed by atoms with Crippen molar-refractivity contribution in [3.05, 3.63) is 29.8 Å². The molecular weight excluding hydrogens is 446 g/mol. The summed E-state index contributed by atoms with van der Waals surface area (Å²) >= 11 is 0. The first-order valence-electron chi connectivity index (χ1n) is 12.5. The number of amides is 3. The van der Waals surface area contributed by atoms with Gasteiger partial charge >= 0.3 is 0 Å². The molecule has 0 saturated carbocycles. The van der Waals surface area contributed by atoms with Crippen LogP contribution < -0.4 is 10.5 Å². The molecule has 0 aliphatic carbocycles. The van der Waals surface area contributed by atoms with E-state index in [1.165, 1.54) is 23.9 Å². The molecule has 1 aromatic carbocycles. The SMILES string of the molecule is CCCCCCCC(=O)CC(=O)N(C)[C@H](Cc1ccc(OC)cc1)C(=O)N(C)[C@H](C(N)=O)C(C)C. The lowest BCUT2D eigenvalue weighted by Gasteiger charge is -2.35. The van der Waals surface area contributed by atoms with Gasteiger partial charge in [0.15, 0.2) is 0 Å². The van der Waals surface area contributed by atoms with Gasteiger partial charge in [0.05, 0.1) is 13.5 Å². The Kier molecular flexibility index (Phi) is 13.1. The second kappa shape index (κ2) is 15.2. The number of likely N-dealkylation sites (N-methyl/N-ethyl adjacent to an activating group) is 2. The van der Waals surface area contributed by atoms with E-state index in [2.05, 4.69) is 6.92 Å². The van der Waals surface area contributed by atoms with E-state index in [-0.39, 0.29) is 24.5 Å². The zero-order chi connectivity index (χ0) is 26.5. The van der Waals surface area contributed by atoms with Crippen LogP contribution in [0.3, 0.4) is 0 Å². The average Bonchev–Trinajstić information content (AvgIpc) is 2.81. The molecule has 1 rings (SSSR count). The molecule has 0 aromatic heterocycles. The first-order valence-corrected chi connectivity index (χ1v) is 12.5. The van der Waals surface area contributed by atoms with Crippen LogP contribution in [-0.2, 0) is 25.6 Å². The molecule has 3 amide bonds. The van der Waals surface area contributed by atoms with Crippen molar-refractivity contribution in [1.82, 2.24) is 9.80 Å². The summed E-state index contributed by atoms with van der Waals surface area (Å²) in [5, 5.41) is 0. The molecule has 196 valence electrons. The number of methoxy groups -OCH3 is 1. The molecule has 2 N–H and O–H groups in total. The van der Waals surface area contributed by atoms with Crippen LogP contribution >= 0.6 is 0 Å². The van der Waals surface area contributed by atoms with Crippen LogP contribution in [0.5, 0.6) is 5.75 Å². The van der Waals surface area contributed by atoms with Gasteiger partial charge in [-0.15, -0.1) is 0 Å². The molecule has 2 atom stereocenters. The van der Waals surface area contributed by atoms with E-state index >= 15 is 0 Å². The minimum atomic E-state index is -0.890. The second-order valence-electron chi connectivity index (χ2n) is 9.49. The van der Waals surface area contributed by atoms with Crippen LogP contribution in [0.4, 0.5) is 0 Å². The van der Waals surface area contributed by atoms with Gasteiger partial charge in [-0.3, -0.25) is 19.2 Å². The zero-order valence-electron chi connectivity index (χ0n) is 22.2. The fraction of sp³-hybridized carbons (Fsp3) is 0.630. The fourth-order valence-corrected chi connectivity index (χ4v) is 4.19. The highest BCUT2D eigenvalue weighted by Crippen LogP contribution is 2.19. The summed E-state index contributed by atoms with van der Waals surface area (Å²) in [6.07, 6.45) is 5.42. The minimum absolute atomic E-state index is 0.125. The maximum atomic E-state index is 13.5. The van der Waals surface area contributed by atoms with Crippen molar-refractivity contribution in [1.29, 1.82) is 0 Å². The highest BCUT2D eigenvalue weighted by atomic mass is 16.5. The lowest BCUT2D eigenvalue weighted by atomic mass is 9.98. The second-order valence-corrected chi connectivity index (χ2v) is 9.49. The average molecular weight is 490 g/mol. The van der Waals surface area contributed by atoms with E-state index in [4.69, 9.17) is 10.5 Å². The molecule has 0 aliphatic rings. The number of nitrogens with two attached hydrogens (primary N) is 1. The van der Waals surface area contributed by atoms with E-state index in [9.17, 15) is 19.2 Å². The third-order valence-electron chi connectivity index (χ3n) is 6.33. The van der Waals surface area contributed by atoms with E-state index < -0.39 is 29.8 Å². The number of carbonyl (C=O) groups excluding carboxylic acids is 4. The third-order valence-corrected chi connectivity index (χ3v) is 6.33. The predicted molar refractivity (Wildman–Crippen MR) is 137 cm³/mol. The van der Waals surface area contributed by atoms with Crippen molar-refractivity contribution in [2.75, 3.05) is 21.2 Å². The highest BCUT2D eigenvalue weighted by molar-refractivity contribution is 6.00. The van der Waals surface area contributed by atoms with Gasteiger partial charge in [-0.1, -0.05) is 58.6 Å². The quantitative estimate of drug-likeness (QED) is 0.283. The topological polar surface area (TPSA) is 110 Å². The Morgan fingerprint density at radius 1 is 0.943 bits per heavy atom. The number of nitrogens with zero attached hydrogens (tertiary/aromatic N) is 2. The smallest absolute Gasteiger partial charge is 0.246 e. The molecular formula is C27H43N3O5. The zero-order valence-corrected chi connectivity index (χ0v) is 22.2. The van der Waals surface area contributed by atoms with Gasteiger partial charge in [0.1, 0.15) is 23.6 Å². The van der Waals surface area contributed by atoms with E-state index in [1.807, 2.05) is 26.0 Å². The molecule has 1 aromatic rings. The number of ether oxygens (including phenoxy) is 1. The number of hydrogen-bond acceptors (Lipinski definition) is 5. The van der Waals surface area contributed by atoms with Gasteiger partial charge in [-0.05, 0) is 30.0 Å². The standard InChI is InChI=1S/C27H43N3O5/c1-7-8-9-10-11-12-21(31)18-24(32)29(4)23(17-20-13-15-22(35-6)16-14-20)27(34)30(5)25(19(2)3)26(28)33/h13-16,19,23,25H,7-12,17-18H2,1-6H3,(H2,28,33)/t23-,25+/m1/s1. The van der Waals surface area contributed by atoms with Crippen LogP contribution in [0.2, 0.25) is 0 Å². The Hall–Kier alpha value is -2.90. The van der Waals surface area contributed by atoms with Crippen LogP contribution in [-0.4, -0.2) is 66.6 Å². The highest BCUT2D eigenvalue weighted by Gasteiger charge is 2.35. The predicted octanol–water partition coefficient (Wildman–Crippen LogP) is 3.35. The molecule has 0 saturated heterocycles. The van der Waals surface area contributed by atoms with Crippen molar-refractivity contribution < 1.29 is 23.9 Å². The van der Waals surface area contributed by atoms with Crippen LogP contribution in [0.25, 0.3) is 0 Å². The number of ketones is 1. The summed E-state index contributed by atoms with van der Waals surface area (Å²) in [5.74, 6) is -1.06. The molecule has 0 spiro atoms. The number of benzene rings is 1. The van der Waals surface area contributed by atoms with Gasteiger partial charge < -0.3 is 20.3 Å². The molecule has 8 heteroatoms. The number of primary amides is 1. The monoisotopic (exact) mass is 489 g/mol. The van der Waals surface area contributed by atoms with Crippen molar-refractivity contribution in [2.24, 2.45) is 11.7 Å². The first-order chi connectivity index (χ1) is 16.5. The summed E-state index contributed by atoms with van der Waals surface area (Å²) in [5.41, 5.74) is 6.39. The molecule has 0 aliphatic heterocycles. The molecule has 0 fully saturated rings. The van der Waals surface area contributed by atoms with Gasteiger partial charge in [0.2, 0.25) is 17.7 Å². The lowest BCUT2D eigenvalue weighted by Crippen LogP contribution is -2.56. The van der Waals surface area contributed by atoms with E-state index in [0.29, 0.717) is 12.2 Å². The van der Waals surface area contributed by atoms with Gasteiger partial charge in [-0.2, -0.15) is 0 Å². The summed E-state index contributed by atoms with van der Waals surface area (Å²) in [6.45, 7) is 5.75. The van der Waals surface area contributed by atoms with Crippen molar-refractivity contribution in [3.8, 4) is 5.75 Å². The fourth-order valence-electron chi connectivity index (χ4n) is 4.19. The molecule has 35 heavy (non-hydrogen) atoms. The summed E-state index contributed by atoms with van der Waals surface area (Å²) in [7, 11) is 4.63. The van der Waals surface area contributed by atoms with Gasteiger partial charge in [-0.25, -0.2) is 0 Å². The Labute approximate surface area is 210 Å². The number of rotatable bonds is 16. The van der Waals surface area contributed by atoms with E-state index in [0.717, 1.165) is 37.7 Å². The number of unbranched alkanes of at least 4 members (excludes halogenated alkanes) is 4. The van der Waals surface area contributed by atoms with Gasteiger partial charge in [0.25, 0.3) is 0 Å². The van der Waals surface area contributed by atoms with Crippen LogP contribution in [0.15, 0.2) is 24.3 Å². The Morgan fingerprint density at radius 2 is 1.54 bits per heavy atom. The minimum Gasteiger partial charge on any atom is -0.497 e. The first kappa shape index (κ1) is 30.1. The van der Waals surface area contributed by atoms with Crippen LogP contribution in [0.1, 0.15) is 71.3 Å². The molecule has 0 radical (unpaired) electrons. The van der Waals surface area contributed by atoms with Crippen molar-refractivity contribution in [3.63, 3.8) is 0 Å². The van der Waals surface area contributed by atoms with Crippen LogP contribution in [0, 0.1) is 5.92 Å². The maximum Gasteiger partial charge on any atom is 0.246 e. The largest absolute Gasteiger partial charge is 0.497 e. The van der Waals surface area contributed by atoms with Crippen molar-refractivity contribution in [2.45, 2.75) is 84.2 Å². The number of Topliss-reactive ketones (excluding diaryl/α,β-unsaturated/α-hetero) is 1. The molecule has 8 nitrogen and oxygen atoms in total. The number of hydrogen-bond donors (Lipinski definition) is 1. The lowest BCUT2D eigenvalue weighted by molar-refractivity contribution is -0.148. The Balaban J connectivity index is 3.04.